The first-order valence-electron chi connectivity index (χ1n) is 7.00. The summed E-state index contributed by atoms with van der Waals surface area (Å²) in [6.07, 6.45) is 1.59. The maximum absolute atomic E-state index is 11.6. The van der Waals surface area contributed by atoms with Crippen LogP contribution < -0.4 is 10.6 Å². The highest BCUT2D eigenvalue weighted by Crippen LogP contribution is 2.16. The fourth-order valence-corrected chi connectivity index (χ4v) is 2.19. The van der Waals surface area contributed by atoms with Crippen molar-refractivity contribution < 1.29 is 9.53 Å². The number of piperazine rings is 1. The lowest BCUT2D eigenvalue weighted by molar-refractivity contribution is 0.105. The number of pyridine rings is 1. The molecule has 0 saturated carbocycles. The Kier molecular flexibility index (Phi) is 4.79. The lowest BCUT2D eigenvalue weighted by Crippen LogP contribution is -2.49. The van der Waals surface area contributed by atoms with E-state index in [1.165, 1.54) is 0 Å². The van der Waals surface area contributed by atoms with Crippen LogP contribution >= 0.6 is 0 Å². The number of rotatable bonds is 3. The quantitative estimate of drug-likeness (QED) is 0.904. The number of nitrogens with zero attached hydrogens (tertiary/aromatic N) is 3. The fourth-order valence-electron chi connectivity index (χ4n) is 2.19. The third kappa shape index (κ3) is 3.39. The predicted molar refractivity (Wildman–Crippen MR) is 77.6 cm³/mol. The molecule has 0 spiro atoms. The van der Waals surface area contributed by atoms with Crippen molar-refractivity contribution in [2.45, 2.75) is 19.9 Å². The first kappa shape index (κ1) is 14.6. The normalized spacial score (nSPS) is 16.9. The van der Waals surface area contributed by atoms with Gasteiger partial charge in [0, 0.05) is 38.4 Å². The number of nitrogens with two attached hydrogens (primary N) is 1. The van der Waals surface area contributed by atoms with Gasteiger partial charge in [-0.1, -0.05) is 6.07 Å². The van der Waals surface area contributed by atoms with Gasteiger partial charge in [-0.25, -0.2) is 9.78 Å². The SMILES string of the molecule is CCOC(=O)N1CCN(c2ccc([C@@H](C)N)cn2)CC1. The Hall–Kier alpha value is -1.82. The van der Waals surface area contributed by atoms with Crippen LogP contribution in [-0.2, 0) is 4.74 Å². The largest absolute Gasteiger partial charge is 0.450 e. The summed E-state index contributed by atoms with van der Waals surface area (Å²) in [5, 5.41) is 0. The van der Waals surface area contributed by atoms with Crippen LogP contribution in [0.4, 0.5) is 10.6 Å². The zero-order valence-electron chi connectivity index (χ0n) is 12.1. The van der Waals surface area contributed by atoms with E-state index in [9.17, 15) is 4.79 Å². The highest BCUT2D eigenvalue weighted by molar-refractivity contribution is 5.68. The summed E-state index contributed by atoms with van der Waals surface area (Å²) < 4.78 is 5.00. The summed E-state index contributed by atoms with van der Waals surface area (Å²) in [4.78, 5) is 20.0. The van der Waals surface area contributed by atoms with E-state index in [2.05, 4.69) is 9.88 Å². The topological polar surface area (TPSA) is 71.7 Å². The maximum atomic E-state index is 11.6. The minimum absolute atomic E-state index is 0.00258. The standard InChI is InChI=1S/C14H22N4O2/c1-3-20-14(19)18-8-6-17(7-9-18)13-5-4-12(10-16-13)11(2)15/h4-5,10-11H,3,6-9,15H2,1-2H3/t11-/m1/s1. The van der Waals surface area contributed by atoms with Crippen LogP contribution in [0.5, 0.6) is 0 Å². The van der Waals surface area contributed by atoms with Crippen molar-refractivity contribution in [2.75, 3.05) is 37.7 Å². The molecule has 1 aliphatic rings. The minimum atomic E-state index is -0.229. The highest BCUT2D eigenvalue weighted by Gasteiger charge is 2.22. The zero-order valence-corrected chi connectivity index (χ0v) is 12.1. The van der Waals surface area contributed by atoms with E-state index in [0.717, 1.165) is 24.5 Å². The highest BCUT2D eigenvalue weighted by atomic mass is 16.6. The number of hydrogen-bond acceptors (Lipinski definition) is 5. The molecular formula is C14H22N4O2. The molecule has 1 fully saturated rings. The van der Waals surface area contributed by atoms with Crippen molar-refractivity contribution in [1.29, 1.82) is 0 Å². The maximum Gasteiger partial charge on any atom is 0.409 e. The fraction of sp³-hybridized carbons (Fsp3) is 0.571. The molecule has 1 aliphatic heterocycles. The van der Waals surface area contributed by atoms with E-state index in [0.29, 0.717) is 19.7 Å². The van der Waals surface area contributed by atoms with E-state index >= 15 is 0 Å². The van der Waals surface area contributed by atoms with E-state index in [4.69, 9.17) is 10.5 Å². The molecule has 1 atom stereocenters. The summed E-state index contributed by atoms with van der Waals surface area (Å²) in [6.45, 7) is 7.03. The lowest BCUT2D eigenvalue weighted by Gasteiger charge is -2.34. The average Bonchev–Trinajstić information content (AvgIpc) is 2.48. The van der Waals surface area contributed by atoms with Crippen molar-refractivity contribution in [3.8, 4) is 0 Å². The van der Waals surface area contributed by atoms with Crippen molar-refractivity contribution in [3.05, 3.63) is 23.9 Å². The Bertz CT molecular complexity index is 439. The molecule has 1 aromatic heterocycles. The second-order valence-corrected chi connectivity index (χ2v) is 4.91. The Labute approximate surface area is 119 Å². The van der Waals surface area contributed by atoms with Crippen molar-refractivity contribution in [2.24, 2.45) is 5.73 Å². The van der Waals surface area contributed by atoms with Gasteiger partial charge in [0.2, 0.25) is 0 Å². The van der Waals surface area contributed by atoms with Crippen molar-refractivity contribution in [1.82, 2.24) is 9.88 Å². The third-order valence-electron chi connectivity index (χ3n) is 3.43. The molecule has 0 bridgehead atoms. The first-order valence-corrected chi connectivity index (χ1v) is 7.00. The van der Waals surface area contributed by atoms with Crippen LogP contribution in [0.3, 0.4) is 0 Å². The second kappa shape index (κ2) is 6.56. The molecule has 2 heterocycles. The molecule has 0 aliphatic carbocycles. The summed E-state index contributed by atoms with van der Waals surface area (Å²) >= 11 is 0. The molecule has 2 rings (SSSR count). The molecule has 6 heteroatoms. The van der Waals surface area contributed by atoms with Crippen LogP contribution in [-0.4, -0.2) is 48.8 Å². The molecule has 1 amide bonds. The van der Waals surface area contributed by atoms with Gasteiger partial charge in [-0.05, 0) is 25.5 Å². The van der Waals surface area contributed by atoms with E-state index in [1.54, 1.807) is 4.90 Å². The van der Waals surface area contributed by atoms with Gasteiger partial charge in [-0.2, -0.15) is 0 Å². The van der Waals surface area contributed by atoms with Crippen LogP contribution in [0.2, 0.25) is 0 Å². The van der Waals surface area contributed by atoms with Crippen LogP contribution in [0.25, 0.3) is 0 Å². The Balaban J connectivity index is 1.91. The lowest BCUT2D eigenvalue weighted by atomic mass is 10.1. The van der Waals surface area contributed by atoms with Gasteiger partial charge in [-0.15, -0.1) is 0 Å². The molecule has 0 unspecified atom stereocenters. The number of aromatic nitrogens is 1. The summed E-state index contributed by atoms with van der Waals surface area (Å²) in [6, 6.07) is 3.99. The molecule has 0 radical (unpaired) electrons. The van der Waals surface area contributed by atoms with Gasteiger partial charge >= 0.3 is 6.09 Å². The second-order valence-electron chi connectivity index (χ2n) is 4.91. The molecule has 0 aromatic carbocycles. The Morgan fingerprint density at radius 1 is 1.40 bits per heavy atom. The van der Waals surface area contributed by atoms with E-state index in [-0.39, 0.29) is 12.1 Å². The average molecular weight is 278 g/mol. The first-order chi connectivity index (χ1) is 9.61. The number of amides is 1. The van der Waals surface area contributed by atoms with Gasteiger partial charge < -0.3 is 20.3 Å². The summed E-state index contributed by atoms with van der Waals surface area (Å²) in [7, 11) is 0. The van der Waals surface area contributed by atoms with Crippen LogP contribution in [0.15, 0.2) is 18.3 Å². The monoisotopic (exact) mass is 278 g/mol. The number of ether oxygens (including phenoxy) is 1. The minimum Gasteiger partial charge on any atom is -0.450 e. The number of carbonyl (C=O) groups excluding carboxylic acids is 1. The predicted octanol–water partition coefficient (Wildman–Crippen LogP) is 1.38. The Morgan fingerprint density at radius 3 is 2.60 bits per heavy atom. The molecule has 1 saturated heterocycles. The van der Waals surface area contributed by atoms with Crippen LogP contribution in [0, 0.1) is 0 Å². The molecule has 1 aromatic rings. The molecule has 20 heavy (non-hydrogen) atoms. The summed E-state index contributed by atoms with van der Waals surface area (Å²) in [5.74, 6) is 0.929. The molecular weight excluding hydrogens is 256 g/mol. The van der Waals surface area contributed by atoms with Crippen molar-refractivity contribution >= 4 is 11.9 Å². The smallest absolute Gasteiger partial charge is 0.409 e. The number of hydrogen-bond donors (Lipinski definition) is 1. The van der Waals surface area contributed by atoms with Crippen molar-refractivity contribution in [3.63, 3.8) is 0 Å². The molecule has 110 valence electrons. The number of carbonyl (C=O) groups is 1. The summed E-state index contributed by atoms with van der Waals surface area (Å²) in [5.41, 5.74) is 6.84. The molecule has 2 N–H and O–H groups in total. The third-order valence-corrected chi connectivity index (χ3v) is 3.43. The van der Waals surface area contributed by atoms with Gasteiger partial charge in [0.25, 0.3) is 0 Å². The molecule has 6 nitrogen and oxygen atoms in total. The Morgan fingerprint density at radius 2 is 2.10 bits per heavy atom. The van der Waals surface area contributed by atoms with E-state index in [1.807, 2.05) is 32.2 Å². The van der Waals surface area contributed by atoms with Gasteiger partial charge in [0.15, 0.2) is 0 Å². The number of anilines is 1. The van der Waals surface area contributed by atoms with Gasteiger partial charge in [0.1, 0.15) is 5.82 Å². The van der Waals surface area contributed by atoms with E-state index < -0.39 is 0 Å². The van der Waals surface area contributed by atoms with Crippen LogP contribution in [0.1, 0.15) is 25.5 Å². The van der Waals surface area contributed by atoms with Gasteiger partial charge in [-0.3, -0.25) is 0 Å². The zero-order chi connectivity index (χ0) is 14.5. The van der Waals surface area contributed by atoms with Gasteiger partial charge in [0.05, 0.1) is 6.61 Å².